The molecule has 0 aliphatic heterocycles. The maximum atomic E-state index is 13.8. The number of carbonyl (C=O) groups is 1. The fourth-order valence-electron chi connectivity index (χ4n) is 1.93. The van der Waals surface area contributed by atoms with Crippen molar-refractivity contribution < 1.29 is 13.6 Å². The molecule has 2 rings (SSSR count). The van der Waals surface area contributed by atoms with Crippen LogP contribution in [0.4, 0.5) is 8.78 Å². The van der Waals surface area contributed by atoms with Crippen molar-refractivity contribution in [3.8, 4) is 0 Å². The maximum Gasteiger partial charge on any atom is 0.215 e. The molecule has 0 bridgehead atoms. The van der Waals surface area contributed by atoms with Crippen LogP contribution in [-0.2, 0) is 6.54 Å². The van der Waals surface area contributed by atoms with Gasteiger partial charge in [-0.25, -0.2) is 8.78 Å². The van der Waals surface area contributed by atoms with Gasteiger partial charge in [-0.15, -0.1) is 0 Å². The van der Waals surface area contributed by atoms with Crippen molar-refractivity contribution in [3.05, 3.63) is 51.8 Å². The molecule has 0 aliphatic carbocycles. The van der Waals surface area contributed by atoms with E-state index >= 15 is 0 Å². The van der Waals surface area contributed by atoms with Crippen LogP contribution in [0, 0.1) is 18.6 Å². The van der Waals surface area contributed by atoms with Gasteiger partial charge < -0.3 is 0 Å². The summed E-state index contributed by atoms with van der Waals surface area (Å²) in [6.07, 6.45) is 2.10. The van der Waals surface area contributed by atoms with Gasteiger partial charge in [0.25, 0.3) is 0 Å². The molecule has 0 spiro atoms. The van der Waals surface area contributed by atoms with Gasteiger partial charge in [0.2, 0.25) is 5.78 Å². The molecule has 0 N–H and O–H groups in total. The van der Waals surface area contributed by atoms with E-state index in [9.17, 15) is 13.6 Å². The van der Waals surface area contributed by atoms with Gasteiger partial charge in [-0.2, -0.15) is 5.10 Å². The molecule has 0 aliphatic rings. The molecular formula is C14H13ClF2N2O. The maximum absolute atomic E-state index is 13.8. The first-order valence-electron chi connectivity index (χ1n) is 6.17. The fraction of sp³-hybridized carbons (Fsp3) is 0.286. The third kappa shape index (κ3) is 2.58. The molecule has 0 saturated carbocycles. The van der Waals surface area contributed by atoms with Crippen molar-refractivity contribution in [1.82, 2.24) is 9.78 Å². The lowest BCUT2D eigenvalue weighted by atomic mass is 10.0. The summed E-state index contributed by atoms with van der Waals surface area (Å²) in [5.74, 6) is -2.19. The molecule has 0 amide bonds. The Hall–Kier alpha value is -1.75. The number of carbonyl (C=O) groups excluding carboxylic acids is 1. The summed E-state index contributed by atoms with van der Waals surface area (Å²) in [5, 5.41) is 4.15. The number of aromatic nitrogens is 2. The van der Waals surface area contributed by atoms with Crippen LogP contribution in [-0.4, -0.2) is 15.6 Å². The Bertz CT molecular complexity index is 667. The number of benzene rings is 1. The zero-order valence-electron chi connectivity index (χ0n) is 11.1. The minimum Gasteiger partial charge on any atom is -0.287 e. The molecule has 0 unspecified atom stereocenters. The Morgan fingerprint density at radius 2 is 2.05 bits per heavy atom. The SMILES string of the molecule is CCCn1ncc(Cl)c1C(=O)c1cc(C)c(F)cc1F. The molecule has 20 heavy (non-hydrogen) atoms. The summed E-state index contributed by atoms with van der Waals surface area (Å²) in [6.45, 7) is 3.89. The van der Waals surface area contributed by atoms with Gasteiger partial charge in [-0.3, -0.25) is 9.48 Å². The number of halogens is 3. The zero-order chi connectivity index (χ0) is 14.9. The van der Waals surface area contributed by atoms with Crippen LogP contribution < -0.4 is 0 Å². The second kappa shape index (κ2) is 5.71. The molecule has 1 heterocycles. The molecular weight excluding hydrogens is 286 g/mol. The van der Waals surface area contributed by atoms with E-state index in [1.807, 2.05) is 6.92 Å². The molecule has 0 radical (unpaired) electrons. The minimum absolute atomic E-state index is 0.124. The van der Waals surface area contributed by atoms with Gasteiger partial charge in [0.05, 0.1) is 16.8 Å². The summed E-state index contributed by atoms with van der Waals surface area (Å²) >= 11 is 5.95. The van der Waals surface area contributed by atoms with Crippen molar-refractivity contribution in [2.75, 3.05) is 0 Å². The van der Waals surface area contributed by atoms with E-state index in [1.54, 1.807) is 0 Å². The first kappa shape index (κ1) is 14.7. The lowest BCUT2D eigenvalue weighted by molar-refractivity contribution is 0.102. The van der Waals surface area contributed by atoms with E-state index in [0.717, 1.165) is 6.42 Å². The van der Waals surface area contributed by atoms with Gasteiger partial charge >= 0.3 is 0 Å². The van der Waals surface area contributed by atoms with Crippen LogP contribution in [0.5, 0.6) is 0 Å². The first-order valence-corrected chi connectivity index (χ1v) is 6.55. The quantitative estimate of drug-likeness (QED) is 0.806. The average Bonchev–Trinajstić information content (AvgIpc) is 2.75. The van der Waals surface area contributed by atoms with Crippen LogP contribution in [0.3, 0.4) is 0 Å². The van der Waals surface area contributed by atoms with E-state index < -0.39 is 17.4 Å². The Morgan fingerprint density at radius 1 is 1.35 bits per heavy atom. The average molecular weight is 299 g/mol. The third-order valence-corrected chi connectivity index (χ3v) is 3.21. The molecule has 1 aromatic carbocycles. The summed E-state index contributed by atoms with van der Waals surface area (Å²) < 4.78 is 28.5. The van der Waals surface area contributed by atoms with Gasteiger partial charge in [0.15, 0.2) is 0 Å². The van der Waals surface area contributed by atoms with E-state index in [2.05, 4.69) is 5.10 Å². The predicted molar refractivity (Wildman–Crippen MR) is 72.1 cm³/mol. The summed E-state index contributed by atoms with van der Waals surface area (Å²) in [4.78, 5) is 12.4. The van der Waals surface area contributed by atoms with Gasteiger partial charge in [-0.1, -0.05) is 18.5 Å². The molecule has 3 nitrogen and oxygen atoms in total. The molecule has 0 atom stereocenters. The van der Waals surface area contributed by atoms with Gasteiger partial charge in [0.1, 0.15) is 17.3 Å². The standard InChI is InChI=1S/C14H13ClF2N2O/c1-3-4-19-13(10(15)7-18-19)14(20)9-5-8(2)11(16)6-12(9)17/h5-7H,3-4H2,1-2H3. The number of hydrogen-bond acceptors (Lipinski definition) is 2. The number of ketones is 1. The molecule has 6 heteroatoms. The predicted octanol–water partition coefficient (Wildman–Crippen LogP) is 3.76. The Kier molecular flexibility index (Phi) is 4.18. The molecule has 106 valence electrons. The lowest BCUT2D eigenvalue weighted by Crippen LogP contribution is -2.14. The highest BCUT2D eigenvalue weighted by atomic mass is 35.5. The van der Waals surface area contributed by atoms with E-state index in [0.29, 0.717) is 12.6 Å². The number of aryl methyl sites for hydroxylation is 2. The van der Waals surface area contributed by atoms with Crippen molar-refractivity contribution in [2.24, 2.45) is 0 Å². The lowest BCUT2D eigenvalue weighted by Gasteiger charge is -2.08. The third-order valence-electron chi connectivity index (χ3n) is 2.94. The second-order valence-electron chi connectivity index (χ2n) is 4.47. The number of nitrogens with zero attached hydrogens (tertiary/aromatic N) is 2. The van der Waals surface area contributed by atoms with Crippen LogP contribution in [0.15, 0.2) is 18.3 Å². The molecule has 0 fully saturated rings. The number of hydrogen-bond donors (Lipinski definition) is 0. The normalized spacial score (nSPS) is 10.8. The van der Waals surface area contributed by atoms with E-state index in [-0.39, 0.29) is 21.8 Å². The second-order valence-corrected chi connectivity index (χ2v) is 4.88. The largest absolute Gasteiger partial charge is 0.287 e. The Morgan fingerprint density at radius 3 is 2.70 bits per heavy atom. The summed E-state index contributed by atoms with van der Waals surface area (Å²) in [7, 11) is 0. The highest BCUT2D eigenvalue weighted by Crippen LogP contribution is 2.23. The van der Waals surface area contributed by atoms with Crippen LogP contribution >= 0.6 is 11.6 Å². The van der Waals surface area contributed by atoms with Crippen molar-refractivity contribution >= 4 is 17.4 Å². The van der Waals surface area contributed by atoms with Crippen LogP contribution in [0.25, 0.3) is 0 Å². The van der Waals surface area contributed by atoms with Crippen molar-refractivity contribution in [3.63, 3.8) is 0 Å². The molecule has 1 aromatic heterocycles. The summed E-state index contributed by atoms with van der Waals surface area (Å²) in [5.41, 5.74) is 0.120. The van der Waals surface area contributed by atoms with Crippen molar-refractivity contribution in [1.29, 1.82) is 0 Å². The highest BCUT2D eigenvalue weighted by molar-refractivity contribution is 6.34. The monoisotopic (exact) mass is 298 g/mol. The van der Waals surface area contributed by atoms with Crippen LogP contribution in [0.1, 0.15) is 35.0 Å². The topological polar surface area (TPSA) is 34.9 Å². The van der Waals surface area contributed by atoms with Gasteiger partial charge in [0, 0.05) is 12.6 Å². The molecule has 2 aromatic rings. The smallest absolute Gasteiger partial charge is 0.215 e. The summed E-state index contributed by atoms with van der Waals surface area (Å²) in [6, 6.07) is 1.89. The fourth-order valence-corrected chi connectivity index (χ4v) is 2.16. The molecule has 0 saturated heterocycles. The number of rotatable bonds is 4. The minimum atomic E-state index is -0.904. The van der Waals surface area contributed by atoms with Gasteiger partial charge in [-0.05, 0) is 25.0 Å². The van der Waals surface area contributed by atoms with E-state index in [4.69, 9.17) is 11.6 Å². The zero-order valence-corrected chi connectivity index (χ0v) is 11.8. The van der Waals surface area contributed by atoms with E-state index in [1.165, 1.54) is 23.9 Å². The Balaban J connectivity index is 2.52. The van der Waals surface area contributed by atoms with Crippen molar-refractivity contribution in [2.45, 2.75) is 26.8 Å². The Labute approximate surface area is 120 Å². The van der Waals surface area contributed by atoms with Crippen LogP contribution in [0.2, 0.25) is 5.02 Å². The first-order chi connectivity index (χ1) is 9.45. The highest BCUT2D eigenvalue weighted by Gasteiger charge is 2.22.